The predicted octanol–water partition coefficient (Wildman–Crippen LogP) is -4.97. The molecule has 0 radical (unpaired) electrons. The van der Waals surface area contributed by atoms with Crippen LogP contribution >= 0.6 is 7.59 Å². The predicted molar refractivity (Wildman–Crippen MR) is 75.5 cm³/mol. The molecule has 0 atom stereocenters. The molecule has 1 saturated heterocycles. The fraction of sp³-hybridized carbons (Fsp3) is 0.909. The average molecular weight is 321 g/mol. The van der Waals surface area contributed by atoms with Crippen molar-refractivity contribution in [3.8, 4) is 0 Å². The van der Waals surface area contributed by atoms with Crippen LogP contribution in [0.2, 0.25) is 0 Å². The first-order valence-corrected chi connectivity index (χ1v) is 7.58. The Kier molecular flexibility index (Phi) is 14.1. The minimum Gasteiger partial charge on any atom is -1.00 e. The summed E-state index contributed by atoms with van der Waals surface area (Å²) in [6, 6.07) is 0. The minimum absolute atomic E-state index is 0. The molecule has 0 aromatic heterocycles. The number of hydrogen-bond donors (Lipinski definition) is 0. The van der Waals surface area contributed by atoms with Crippen molar-refractivity contribution in [1.29, 1.82) is 0 Å². The minimum atomic E-state index is -2.44. The summed E-state index contributed by atoms with van der Waals surface area (Å²) in [6.07, 6.45) is 1.81. The van der Waals surface area contributed by atoms with Gasteiger partial charge in [-0.1, -0.05) is 0 Å². The molecule has 0 bridgehead atoms. The summed E-state index contributed by atoms with van der Waals surface area (Å²) in [7, 11) is 10.3. The number of carbonyl (C=O) groups excluding carboxylic acids is 1. The summed E-state index contributed by atoms with van der Waals surface area (Å²) >= 11 is 0. The molecule has 1 aliphatic heterocycles. The van der Waals surface area contributed by atoms with Crippen LogP contribution in [0.1, 0.15) is 12.8 Å². The third kappa shape index (κ3) is 6.95. The van der Waals surface area contributed by atoms with Gasteiger partial charge in [0.25, 0.3) is 7.59 Å². The molecule has 1 rings (SSSR count). The van der Waals surface area contributed by atoms with Crippen molar-refractivity contribution in [2.45, 2.75) is 12.8 Å². The van der Waals surface area contributed by atoms with E-state index in [-0.39, 0.29) is 31.3 Å². The molecule has 0 N–H and O–H groups in total. The molecular weight excluding hydrogens is 294 g/mol. The first kappa shape index (κ1) is 25.4. The van der Waals surface area contributed by atoms with Gasteiger partial charge in [0.2, 0.25) is 5.91 Å². The average Bonchev–Trinajstić information content (AvgIpc) is 2.62. The molecule has 1 heterocycles. The van der Waals surface area contributed by atoms with Crippen LogP contribution in [0.5, 0.6) is 0 Å². The van der Waals surface area contributed by atoms with Gasteiger partial charge >= 0.3 is 18.9 Å². The van der Waals surface area contributed by atoms with Gasteiger partial charge < -0.3 is 17.3 Å². The number of amides is 1. The third-order valence-electron chi connectivity index (χ3n) is 2.87. The second-order valence-electron chi connectivity index (χ2n) is 4.97. The Hall–Kier alpha value is 0.467. The van der Waals surface area contributed by atoms with E-state index in [1.54, 1.807) is 18.9 Å². The van der Waals surface area contributed by atoms with E-state index in [0.29, 0.717) is 5.91 Å². The van der Waals surface area contributed by atoms with Crippen LogP contribution in [0, 0.1) is 0 Å². The monoisotopic (exact) mass is 320 g/mol. The Morgan fingerprint density at radius 1 is 1.00 bits per heavy atom. The summed E-state index contributed by atoms with van der Waals surface area (Å²) in [6.45, 7) is 0.957. The second-order valence-corrected chi connectivity index (χ2v) is 8.40. The first-order chi connectivity index (χ1) is 8.13. The normalized spacial score (nSPS) is 14.9. The quantitative estimate of drug-likeness (QED) is 0.385. The van der Waals surface area contributed by atoms with Gasteiger partial charge in [-0.3, -0.25) is 9.36 Å². The Morgan fingerprint density at radius 3 is 1.40 bits per heavy atom. The Bertz CT molecular complexity index is 301. The maximum Gasteiger partial charge on any atom is 1.00 e. The van der Waals surface area contributed by atoms with E-state index in [2.05, 4.69) is 0 Å². The summed E-state index contributed by atoms with van der Waals surface area (Å²) in [5, 5.41) is 0. The van der Waals surface area contributed by atoms with Crippen LogP contribution in [0.3, 0.4) is 0 Å². The molecule has 0 aromatic rings. The molecule has 0 unspecified atom stereocenters. The molecule has 1 amide bonds. The number of likely N-dealkylation sites (tertiary alicyclic amines) is 1. The van der Waals surface area contributed by atoms with Gasteiger partial charge in [0, 0.05) is 20.0 Å². The smallest absolute Gasteiger partial charge is 1.00 e. The third-order valence-corrected chi connectivity index (χ3v) is 6.00. The largest absolute Gasteiger partial charge is 1.00 e. The Morgan fingerprint density at radius 2 is 1.35 bits per heavy atom. The first-order valence-electron chi connectivity index (χ1n) is 6.01. The van der Waals surface area contributed by atoms with E-state index in [1.165, 1.54) is 0 Å². The van der Waals surface area contributed by atoms with Crippen LogP contribution in [-0.2, 0) is 9.36 Å². The van der Waals surface area contributed by atoms with Crippen molar-refractivity contribution in [1.82, 2.24) is 18.9 Å². The number of carbonyl (C=O) groups is 1. The van der Waals surface area contributed by atoms with E-state index in [0.717, 1.165) is 19.4 Å². The number of nitrogens with zero attached hydrogens (tertiary/aromatic N) is 4. The van der Waals surface area contributed by atoms with Crippen molar-refractivity contribution in [3.05, 3.63) is 0 Å². The van der Waals surface area contributed by atoms with Gasteiger partial charge in [-0.2, -0.15) is 0 Å². The van der Waals surface area contributed by atoms with Gasteiger partial charge in [-0.15, -0.1) is 0 Å². The van der Waals surface area contributed by atoms with Gasteiger partial charge in [-0.25, -0.2) is 14.0 Å². The summed E-state index contributed by atoms with van der Waals surface area (Å²) < 4.78 is 17.3. The Labute approximate surface area is 141 Å². The molecule has 0 aromatic carbocycles. The van der Waals surface area contributed by atoms with Gasteiger partial charge in [0.15, 0.2) is 0 Å². The summed E-state index contributed by atoms with van der Waals surface area (Å²) in [5.41, 5.74) is 0. The number of hydrogen-bond acceptors (Lipinski definition) is 2. The molecule has 0 spiro atoms. The fourth-order valence-electron chi connectivity index (χ4n) is 1.86. The SMILES string of the molecule is CN(C)P(=O)(N(C)C)N(C)C.CN1CCCC1=O.[Cl-].[Li+]. The van der Waals surface area contributed by atoms with E-state index >= 15 is 0 Å². The van der Waals surface area contributed by atoms with E-state index < -0.39 is 7.59 Å². The van der Waals surface area contributed by atoms with Crippen LogP contribution < -0.4 is 31.3 Å². The molecule has 6 nitrogen and oxygen atoms in total. The van der Waals surface area contributed by atoms with E-state index in [1.807, 2.05) is 49.3 Å². The van der Waals surface area contributed by atoms with Crippen LogP contribution in [0.25, 0.3) is 0 Å². The maximum absolute atomic E-state index is 12.1. The Balaban J connectivity index is -0.000000280. The molecule has 0 saturated carbocycles. The van der Waals surface area contributed by atoms with Crippen LogP contribution in [0.15, 0.2) is 0 Å². The van der Waals surface area contributed by atoms with Crippen molar-refractivity contribution < 1.29 is 40.6 Å². The molecule has 1 fully saturated rings. The topological polar surface area (TPSA) is 47.1 Å². The van der Waals surface area contributed by atoms with Crippen LogP contribution in [-0.4, -0.2) is 80.7 Å². The molecule has 0 aliphatic carbocycles. The standard InChI is InChI=1S/C6H18N3OP.C5H9NO.ClH.Li/c1-7(2)11(10,8(3)4)9(5)6;1-6-4-2-3-5(6)7;;/h1-6H3;2-4H2,1H3;1H;/q;;;+1/p-1. The summed E-state index contributed by atoms with van der Waals surface area (Å²) in [4.78, 5) is 12.3. The van der Waals surface area contributed by atoms with Crippen LogP contribution in [0.4, 0.5) is 0 Å². The molecule has 1 aliphatic rings. The second kappa shape index (κ2) is 11.1. The van der Waals surface area contributed by atoms with Gasteiger partial charge in [0.1, 0.15) is 0 Å². The zero-order chi connectivity index (χ0) is 14.5. The van der Waals surface area contributed by atoms with Crippen molar-refractivity contribution in [2.75, 3.05) is 55.9 Å². The molecule has 116 valence electrons. The fourth-order valence-corrected chi connectivity index (χ4v) is 4.00. The molecular formula is C11H27ClLiN4O2P. The maximum atomic E-state index is 12.1. The number of halogens is 1. The van der Waals surface area contributed by atoms with Gasteiger partial charge in [-0.05, 0) is 48.7 Å². The van der Waals surface area contributed by atoms with E-state index in [4.69, 9.17) is 0 Å². The van der Waals surface area contributed by atoms with Crippen molar-refractivity contribution in [2.24, 2.45) is 0 Å². The zero-order valence-corrected chi connectivity index (χ0v) is 15.7. The van der Waals surface area contributed by atoms with E-state index in [9.17, 15) is 9.36 Å². The zero-order valence-electron chi connectivity index (χ0n) is 14.1. The number of rotatable bonds is 3. The van der Waals surface area contributed by atoms with Crippen molar-refractivity contribution >= 4 is 13.5 Å². The van der Waals surface area contributed by atoms with Crippen molar-refractivity contribution in [3.63, 3.8) is 0 Å². The molecule has 20 heavy (non-hydrogen) atoms. The van der Waals surface area contributed by atoms with Gasteiger partial charge in [0.05, 0.1) is 0 Å². The molecule has 9 heteroatoms. The summed E-state index contributed by atoms with van der Waals surface area (Å²) in [5.74, 6) is 0.292.